The van der Waals surface area contributed by atoms with Crippen LogP contribution in [0.3, 0.4) is 0 Å². The molecule has 0 spiro atoms. The summed E-state index contributed by atoms with van der Waals surface area (Å²) in [5.74, 6) is -0.463. The Morgan fingerprint density at radius 1 is 1.14 bits per heavy atom. The Hall–Kier alpha value is -2.14. The van der Waals surface area contributed by atoms with Crippen LogP contribution in [-0.4, -0.2) is 10.5 Å². The Balaban J connectivity index is 1.77. The van der Waals surface area contributed by atoms with E-state index in [2.05, 4.69) is 21.2 Å². The fraction of sp³-hybridized carbons (Fsp3) is 0.0625. The van der Waals surface area contributed by atoms with Gasteiger partial charge in [-0.3, -0.25) is 4.79 Å². The molecular formula is C16H12BrFN2O. The molecule has 5 heteroatoms. The average Bonchev–Trinajstić information content (AvgIpc) is 2.84. The van der Waals surface area contributed by atoms with Gasteiger partial charge in [-0.2, -0.15) is 0 Å². The van der Waals surface area contributed by atoms with E-state index in [0.29, 0.717) is 5.52 Å². The number of hydrogen-bond donors (Lipinski definition) is 1. The molecule has 0 aliphatic rings. The first kappa shape index (κ1) is 13.8. The van der Waals surface area contributed by atoms with Gasteiger partial charge in [0.25, 0.3) is 0 Å². The summed E-state index contributed by atoms with van der Waals surface area (Å²) in [5, 5.41) is 3.72. The largest absolute Gasteiger partial charge is 0.338 e. The maximum absolute atomic E-state index is 13.3. The van der Waals surface area contributed by atoms with E-state index in [1.807, 2.05) is 30.3 Å². The van der Waals surface area contributed by atoms with Crippen molar-refractivity contribution in [2.45, 2.75) is 6.54 Å². The van der Waals surface area contributed by atoms with Crippen molar-refractivity contribution in [1.82, 2.24) is 4.57 Å². The van der Waals surface area contributed by atoms with E-state index in [-0.39, 0.29) is 18.3 Å². The third-order valence-electron chi connectivity index (χ3n) is 3.18. The first-order valence-corrected chi connectivity index (χ1v) is 7.21. The molecule has 0 bridgehead atoms. The zero-order valence-electron chi connectivity index (χ0n) is 11.0. The summed E-state index contributed by atoms with van der Waals surface area (Å²) in [7, 11) is 0. The second kappa shape index (κ2) is 5.69. The third kappa shape index (κ3) is 3.13. The zero-order valence-corrected chi connectivity index (χ0v) is 12.6. The molecule has 0 aliphatic carbocycles. The molecule has 3 nitrogen and oxygen atoms in total. The van der Waals surface area contributed by atoms with Crippen LogP contribution in [0.2, 0.25) is 0 Å². The number of nitrogens with one attached hydrogen (secondary N) is 1. The maximum atomic E-state index is 13.3. The highest BCUT2D eigenvalue weighted by Gasteiger charge is 2.07. The van der Waals surface area contributed by atoms with Gasteiger partial charge in [0, 0.05) is 16.4 Å². The lowest BCUT2D eigenvalue weighted by atomic mass is 10.2. The number of carbonyl (C=O) groups is 1. The number of hydrogen-bond acceptors (Lipinski definition) is 1. The molecule has 1 aromatic heterocycles. The van der Waals surface area contributed by atoms with E-state index in [1.165, 1.54) is 12.1 Å². The molecule has 1 amide bonds. The van der Waals surface area contributed by atoms with Crippen LogP contribution in [0, 0.1) is 5.82 Å². The van der Waals surface area contributed by atoms with Crippen LogP contribution in [-0.2, 0) is 11.3 Å². The highest BCUT2D eigenvalue weighted by Crippen LogP contribution is 2.18. The van der Waals surface area contributed by atoms with Gasteiger partial charge < -0.3 is 9.88 Å². The Bertz CT molecular complexity index is 796. The van der Waals surface area contributed by atoms with Crippen molar-refractivity contribution in [2.75, 3.05) is 5.32 Å². The van der Waals surface area contributed by atoms with Crippen LogP contribution in [0.5, 0.6) is 0 Å². The fourth-order valence-corrected chi connectivity index (χ4v) is 2.45. The van der Waals surface area contributed by atoms with Crippen LogP contribution in [0.15, 0.2) is 59.2 Å². The Morgan fingerprint density at radius 3 is 2.67 bits per heavy atom. The Morgan fingerprint density at radius 2 is 1.90 bits per heavy atom. The minimum absolute atomic E-state index is 0.142. The summed E-state index contributed by atoms with van der Waals surface area (Å²) in [4.78, 5) is 12.1. The zero-order chi connectivity index (χ0) is 14.8. The Kier molecular flexibility index (Phi) is 3.75. The van der Waals surface area contributed by atoms with E-state index in [4.69, 9.17) is 0 Å². The lowest BCUT2D eigenvalue weighted by molar-refractivity contribution is -0.116. The smallest absolute Gasteiger partial charge is 0.244 e. The normalized spacial score (nSPS) is 10.8. The molecule has 0 fully saturated rings. The summed E-state index contributed by atoms with van der Waals surface area (Å²) in [6.07, 6.45) is 1.78. The quantitative estimate of drug-likeness (QED) is 0.758. The van der Waals surface area contributed by atoms with Gasteiger partial charge in [-0.1, -0.05) is 15.9 Å². The predicted molar refractivity (Wildman–Crippen MR) is 84.7 cm³/mol. The summed E-state index contributed by atoms with van der Waals surface area (Å²) < 4.78 is 16.0. The average molecular weight is 347 g/mol. The highest BCUT2D eigenvalue weighted by atomic mass is 79.9. The third-order valence-corrected chi connectivity index (χ3v) is 3.71. The van der Waals surface area contributed by atoms with Crippen LogP contribution in [0.1, 0.15) is 0 Å². The van der Waals surface area contributed by atoms with Crippen molar-refractivity contribution in [3.63, 3.8) is 0 Å². The molecule has 1 N–H and O–H groups in total. The molecule has 0 radical (unpaired) electrons. The fourth-order valence-electron chi connectivity index (χ4n) is 2.18. The van der Waals surface area contributed by atoms with Gasteiger partial charge in [0.05, 0.1) is 5.52 Å². The van der Waals surface area contributed by atoms with Crippen LogP contribution in [0.4, 0.5) is 10.1 Å². The molecule has 2 aromatic carbocycles. The number of carbonyl (C=O) groups excluding carboxylic acids is 1. The van der Waals surface area contributed by atoms with Crippen molar-refractivity contribution in [2.24, 2.45) is 0 Å². The summed E-state index contributed by atoms with van der Waals surface area (Å²) >= 11 is 3.34. The van der Waals surface area contributed by atoms with E-state index in [0.717, 1.165) is 15.5 Å². The number of fused-ring (bicyclic) bond motifs is 1. The number of benzene rings is 2. The summed E-state index contributed by atoms with van der Waals surface area (Å²) in [6.45, 7) is 0.142. The minimum atomic E-state index is -0.309. The second-order valence-electron chi connectivity index (χ2n) is 4.70. The van der Waals surface area contributed by atoms with Gasteiger partial charge in [-0.15, -0.1) is 0 Å². The number of aromatic nitrogens is 1. The summed E-state index contributed by atoms with van der Waals surface area (Å²) in [6, 6.07) is 13.8. The standard InChI is InChI=1S/C16H12BrFN2O/c17-12-2-5-14(6-3-12)19-16(21)10-20-8-7-11-1-4-13(18)9-15(11)20/h1-9H,10H2,(H,19,21). The van der Waals surface area contributed by atoms with E-state index < -0.39 is 0 Å². The topological polar surface area (TPSA) is 34.0 Å². The van der Waals surface area contributed by atoms with Gasteiger partial charge in [-0.25, -0.2) is 4.39 Å². The first-order chi connectivity index (χ1) is 10.1. The van der Waals surface area contributed by atoms with Gasteiger partial charge in [0.15, 0.2) is 0 Å². The molecule has 0 saturated carbocycles. The molecule has 0 saturated heterocycles. The van der Waals surface area contributed by atoms with E-state index >= 15 is 0 Å². The molecule has 0 aliphatic heterocycles. The monoisotopic (exact) mass is 346 g/mol. The lowest BCUT2D eigenvalue weighted by Crippen LogP contribution is -2.18. The second-order valence-corrected chi connectivity index (χ2v) is 5.62. The number of halogens is 2. The molecule has 0 atom stereocenters. The lowest BCUT2D eigenvalue weighted by Gasteiger charge is -2.07. The SMILES string of the molecule is O=C(Cn1ccc2ccc(F)cc21)Nc1ccc(Br)cc1. The number of anilines is 1. The van der Waals surface area contributed by atoms with E-state index in [9.17, 15) is 9.18 Å². The number of amides is 1. The molecule has 1 heterocycles. The van der Waals surface area contributed by atoms with Crippen molar-refractivity contribution < 1.29 is 9.18 Å². The van der Waals surface area contributed by atoms with Gasteiger partial charge in [-0.05, 0) is 53.9 Å². The summed E-state index contributed by atoms with van der Waals surface area (Å²) in [5.41, 5.74) is 1.44. The van der Waals surface area contributed by atoms with Crippen molar-refractivity contribution in [3.05, 3.63) is 65.0 Å². The highest BCUT2D eigenvalue weighted by molar-refractivity contribution is 9.10. The van der Waals surface area contributed by atoms with Crippen molar-refractivity contribution >= 4 is 38.4 Å². The van der Waals surface area contributed by atoms with Crippen molar-refractivity contribution in [1.29, 1.82) is 0 Å². The molecule has 106 valence electrons. The molecule has 3 aromatic rings. The van der Waals surface area contributed by atoms with Crippen LogP contribution < -0.4 is 5.32 Å². The van der Waals surface area contributed by atoms with Crippen molar-refractivity contribution in [3.8, 4) is 0 Å². The number of nitrogens with zero attached hydrogens (tertiary/aromatic N) is 1. The van der Waals surface area contributed by atoms with Crippen LogP contribution >= 0.6 is 15.9 Å². The molecule has 3 rings (SSSR count). The predicted octanol–water partition coefficient (Wildman–Crippen LogP) is 4.18. The minimum Gasteiger partial charge on any atom is -0.338 e. The first-order valence-electron chi connectivity index (χ1n) is 6.42. The van der Waals surface area contributed by atoms with Crippen LogP contribution in [0.25, 0.3) is 10.9 Å². The number of rotatable bonds is 3. The van der Waals surface area contributed by atoms with Gasteiger partial charge >= 0.3 is 0 Å². The van der Waals surface area contributed by atoms with Gasteiger partial charge in [0.1, 0.15) is 12.4 Å². The molecular weight excluding hydrogens is 335 g/mol. The molecule has 21 heavy (non-hydrogen) atoms. The van der Waals surface area contributed by atoms with E-state index in [1.54, 1.807) is 16.8 Å². The maximum Gasteiger partial charge on any atom is 0.244 e. The van der Waals surface area contributed by atoms with Gasteiger partial charge in [0.2, 0.25) is 5.91 Å². The Labute approximate surface area is 129 Å². The molecule has 0 unspecified atom stereocenters.